The maximum Gasteiger partial charge on any atom is 0.256 e. The molecule has 1 amide bonds. The zero-order valence-corrected chi connectivity index (χ0v) is 28.6. The Morgan fingerprint density at radius 1 is 0.933 bits per heavy atom. The molecule has 11 heteroatoms. The minimum atomic E-state index is -3.62. The van der Waals surface area contributed by atoms with Crippen LogP contribution in [-0.4, -0.2) is 48.1 Å². The Labute approximate surface area is 279 Å². The third-order valence-electron chi connectivity index (χ3n) is 7.82. The number of fused-ring (bicyclic) bond motifs is 2. The molecule has 2 aromatic heterocycles. The van der Waals surface area contributed by atoms with Gasteiger partial charge in [-0.3, -0.25) is 9.69 Å². The highest BCUT2D eigenvalue weighted by Crippen LogP contribution is 2.46. The predicted molar refractivity (Wildman–Crippen MR) is 188 cm³/mol. The van der Waals surface area contributed by atoms with Crippen molar-refractivity contribution < 1.29 is 13.2 Å². The summed E-state index contributed by atoms with van der Waals surface area (Å²) < 4.78 is 29.1. The molecule has 0 bridgehead atoms. The molecule has 1 aliphatic heterocycles. The lowest BCUT2D eigenvalue weighted by Crippen LogP contribution is -2.32. The van der Waals surface area contributed by atoms with Crippen molar-refractivity contribution >= 4 is 66.2 Å². The van der Waals surface area contributed by atoms with Crippen LogP contribution in [0, 0.1) is 0 Å². The molecule has 0 atom stereocenters. The van der Waals surface area contributed by atoms with Gasteiger partial charge in [0.2, 0.25) is 10.0 Å². The zero-order chi connectivity index (χ0) is 30.7. The van der Waals surface area contributed by atoms with Crippen LogP contribution < -0.4 is 5.32 Å². The Hall–Kier alpha value is -3.12. The molecule has 7 nitrogen and oxygen atoms in total. The SMILES string of the molecule is CCCN(CCC)S(=O)(=O)c1ccc(C(=O)Nc2sc3c(c2-c2nc4ccccc4s2)CCN(Cc2ccccc2)C3)cc1.Cl. The molecule has 236 valence electrons. The van der Waals surface area contributed by atoms with Gasteiger partial charge in [0.1, 0.15) is 10.0 Å². The first kappa shape index (κ1) is 33.2. The molecule has 0 aliphatic carbocycles. The molecule has 0 fully saturated rings. The topological polar surface area (TPSA) is 82.6 Å². The van der Waals surface area contributed by atoms with Crippen molar-refractivity contribution in [1.82, 2.24) is 14.2 Å². The number of para-hydroxylation sites is 1. The quantitative estimate of drug-likeness (QED) is 0.153. The van der Waals surface area contributed by atoms with Crippen molar-refractivity contribution in [3.63, 3.8) is 0 Å². The van der Waals surface area contributed by atoms with Crippen LogP contribution in [0.1, 0.15) is 53.1 Å². The van der Waals surface area contributed by atoms with E-state index in [1.807, 2.05) is 38.1 Å². The van der Waals surface area contributed by atoms with Gasteiger partial charge >= 0.3 is 0 Å². The largest absolute Gasteiger partial charge is 0.313 e. The van der Waals surface area contributed by atoms with Crippen molar-refractivity contribution in [2.24, 2.45) is 0 Å². The molecule has 45 heavy (non-hydrogen) atoms. The van der Waals surface area contributed by atoms with Gasteiger partial charge in [0.15, 0.2) is 0 Å². The van der Waals surface area contributed by atoms with Gasteiger partial charge in [-0.25, -0.2) is 13.4 Å². The van der Waals surface area contributed by atoms with E-state index in [0.29, 0.717) is 18.7 Å². The number of benzene rings is 3. The third-order valence-corrected chi connectivity index (χ3v) is 11.9. The number of sulfonamides is 1. The lowest BCUT2D eigenvalue weighted by Gasteiger charge is -2.27. The van der Waals surface area contributed by atoms with Crippen LogP contribution in [0.2, 0.25) is 0 Å². The highest BCUT2D eigenvalue weighted by atomic mass is 35.5. The zero-order valence-electron chi connectivity index (χ0n) is 25.4. The average molecular weight is 681 g/mol. The summed E-state index contributed by atoms with van der Waals surface area (Å²) in [5, 5.41) is 4.87. The van der Waals surface area contributed by atoms with E-state index < -0.39 is 10.0 Å². The van der Waals surface area contributed by atoms with Crippen LogP contribution in [0.4, 0.5) is 5.00 Å². The fourth-order valence-corrected chi connectivity index (χ4v) is 9.70. The van der Waals surface area contributed by atoms with Crippen molar-refractivity contribution in [2.45, 2.75) is 51.1 Å². The molecule has 3 heterocycles. The monoisotopic (exact) mass is 680 g/mol. The molecule has 5 aromatic rings. The van der Waals surface area contributed by atoms with Crippen LogP contribution in [0.3, 0.4) is 0 Å². The van der Waals surface area contributed by atoms with Crippen molar-refractivity contribution in [3.8, 4) is 10.6 Å². The molecule has 3 aromatic carbocycles. The smallest absolute Gasteiger partial charge is 0.256 e. The molecule has 0 saturated heterocycles. The van der Waals surface area contributed by atoms with Gasteiger partial charge in [0.25, 0.3) is 5.91 Å². The molecule has 0 radical (unpaired) electrons. The second-order valence-corrected chi connectivity index (χ2v) is 15.1. The van der Waals surface area contributed by atoms with E-state index in [1.165, 1.54) is 32.4 Å². The molecule has 1 aliphatic rings. The van der Waals surface area contributed by atoms with Gasteiger partial charge in [0.05, 0.1) is 15.1 Å². The minimum absolute atomic E-state index is 0. The van der Waals surface area contributed by atoms with E-state index in [9.17, 15) is 13.2 Å². The van der Waals surface area contributed by atoms with E-state index in [-0.39, 0.29) is 23.2 Å². The fraction of sp³-hybridized carbons (Fsp3) is 0.294. The van der Waals surface area contributed by atoms with E-state index in [4.69, 9.17) is 4.98 Å². The molecular weight excluding hydrogens is 644 g/mol. The standard InChI is InChI=1S/C34H36N4O3S3.ClH/c1-3-19-38(20-4-2)44(40,41)26-16-14-25(15-17-26)32(39)36-34-31(33-35-28-12-8-9-13-29(28)42-33)27-18-21-37(23-30(27)43-34)22-24-10-6-5-7-11-24;/h5-17H,3-4,18-23H2,1-2H3,(H,36,39);1H. The van der Waals surface area contributed by atoms with Crippen LogP contribution in [0.5, 0.6) is 0 Å². The van der Waals surface area contributed by atoms with E-state index in [0.717, 1.165) is 64.7 Å². The number of thiazole rings is 1. The van der Waals surface area contributed by atoms with Crippen LogP contribution in [-0.2, 0) is 29.5 Å². The van der Waals surface area contributed by atoms with Crippen LogP contribution in [0.15, 0.2) is 83.8 Å². The van der Waals surface area contributed by atoms with Gasteiger partial charge in [-0.2, -0.15) is 4.31 Å². The van der Waals surface area contributed by atoms with Crippen LogP contribution in [0.25, 0.3) is 20.8 Å². The number of carbonyl (C=O) groups excluding carboxylic acids is 1. The average Bonchev–Trinajstić information content (AvgIpc) is 3.62. The molecule has 0 saturated carbocycles. The number of thiophene rings is 1. The fourth-order valence-electron chi connectivity index (χ4n) is 5.68. The maximum absolute atomic E-state index is 13.6. The van der Waals surface area contributed by atoms with Crippen molar-refractivity contribution in [1.29, 1.82) is 0 Å². The lowest BCUT2D eigenvalue weighted by atomic mass is 10.0. The third kappa shape index (κ3) is 7.16. The normalized spacial score (nSPS) is 13.5. The number of nitrogens with one attached hydrogen (secondary N) is 1. The summed E-state index contributed by atoms with van der Waals surface area (Å²) in [5.41, 5.74) is 4.90. The number of hydrogen-bond donors (Lipinski definition) is 1. The summed E-state index contributed by atoms with van der Waals surface area (Å²) in [7, 11) is -3.62. The van der Waals surface area contributed by atoms with Gasteiger partial charge in [-0.1, -0.05) is 56.3 Å². The minimum Gasteiger partial charge on any atom is -0.313 e. The van der Waals surface area contributed by atoms with Gasteiger partial charge in [-0.15, -0.1) is 35.1 Å². The summed E-state index contributed by atoms with van der Waals surface area (Å²) in [6, 6.07) is 24.9. The number of aromatic nitrogens is 1. The Kier molecular flexibility index (Phi) is 10.7. The van der Waals surface area contributed by atoms with Gasteiger partial charge in [-0.05, 0) is 66.8 Å². The first-order valence-electron chi connectivity index (χ1n) is 15.1. The first-order chi connectivity index (χ1) is 21.4. The highest BCUT2D eigenvalue weighted by Gasteiger charge is 2.28. The van der Waals surface area contributed by atoms with E-state index in [1.54, 1.807) is 34.8 Å². The Morgan fingerprint density at radius 3 is 2.31 bits per heavy atom. The van der Waals surface area contributed by atoms with Crippen LogP contribution >= 0.6 is 35.1 Å². The summed E-state index contributed by atoms with van der Waals surface area (Å²) in [6.07, 6.45) is 2.36. The predicted octanol–water partition coefficient (Wildman–Crippen LogP) is 8.07. The van der Waals surface area contributed by atoms with Crippen molar-refractivity contribution in [2.75, 3.05) is 25.0 Å². The molecule has 6 rings (SSSR count). The van der Waals surface area contributed by atoms with Gasteiger partial charge in [0, 0.05) is 48.7 Å². The molecule has 1 N–H and O–H groups in total. The number of carbonyl (C=O) groups is 1. The maximum atomic E-state index is 13.6. The number of rotatable bonds is 11. The Balaban J connectivity index is 0.00000400. The van der Waals surface area contributed by atoms with E-state index >= 15 is 0 Å². The van der Waals surface area contributed by atoms with E-state index in [2.05, 4.69) is 40.5 Å². The lowest BCUT2D eigenvalue weighted by molar-refractivity contribution is 0.102. The summed E-state index contributed by atoms with van der Waals surface area (Å²) >= 11 is 3.26. The number of halogens is 1. The summed E-state index contributed by atoms with van der Waals surface area (Å²) in [6.45, 7) is 7.49. The summed E-state index contributed by atoms with van der Waals surface area (Å²) in [4.78, 5) is 22.5. The number of hydrogen-bond acceptors (Lipinski definition) is 7. The summed E-state index contributed by atoms with van der Waals surface area (Å²) in [5.74, 6) is -0.268. The Bertz CT molecular complexity index is 1830. The highest BCUT2D eigenvalue weighted by molar-refractivity contribution is 7.89. The number of amides is 1. The second kappa shape index (κ2) is 14.5. The molecule has 0 spiro atoms. The molecule has 0 unspecified atom stereocenters. The van der Waals surface area contributed by atoms with Crippen molar-refractivity contribution in [3.05, 3.63) is 100 Å². The second-order valence-electron chi connectivity index (χ2n) is 11.0. The number of anilines is 1. The first-order valence-corrected chi connectivity index (χ1v) is 18.1. The Morgan fingerprint density at radius 2 is 1.62 bits per heavy atom. The molecular formula is C34H37ClN4O3S3. The van der Waals surface area contributed by atoms with Gasteiger partial charge < -0.3 is 5.32 Å². The number of nitrogens with zero attached hydrogens (tertiary/aromatic N) is 3.